The van der Waals surface area contributed by atoms with Gasteiger partial charge in [0.15, 0.2) is 0 Å². The molecule has 2 saturated heterocycles. The van der Waals surface area contributed by atoms with Crippen LogP contribution in [0.15, 0.2) is 65.6 Å². The fourth-order valence-corrected chi connectivity index (χ4v) is 11.0. The molecule has 0 aliphatic carbocycles. The van der Waals surface area contributed by atoms with E-state index in [-0.39, 0.29) is 22.3 Å². The van der Waals surface area contributed by atoms with Crippen molar-refractivity contribution in [1.82, 2.24) is 28.6 Å². The first-order valence-corrected chi connectivity index (χ1v) is 22.5. The molecule has 4 aliphatic heterocycles. The standard InChI is InChI=1S/C27H31N3O5S.C19H25N3O/c1-18-10-14-29(15-11-18)26(31)19-8-9-23-21(16-19)22-17-28(2)13-12-24(22)30(23)36(33,34)25-7-5-4-6-20(25)27(32)35-3;1-13-5-9-22(10-6-13)19(23)14-3-4-17-15(11-14)16-12-21(2)8-7-18(16)20-17/h4-9,16,18H,10-15,17H2,1-3H3;3-4,11,13,20H,5-10,12H2,1-2H3. The Morgan fingerprint density at radius 2 is 1.25 bits per heavy atom. The van der Waals surface area contributed by atoms with Gasteiger partial charge in [-0.05, 0) is 111 Å². The molecule has 0 radical (unpaired) electrons. The number of ether oxygens (including phenoxy) is 1. The molecule has 2 aromatic heterocycles. The molecule has 5 aromatic rings. The van der Waals surface area contributed by atoms with Gasteiger partial charge >= 0.3 is 5.97 Å². The molecule has 6 heterocycles. The van der Waals surface area contributed by atoms with Crippen molar-refractivity contribution in [2.24, 2.45) is 11.8 Å². The number of methoxy groups -OCH3 is 1. The lowest BCUT2D eigenvalue weighted by molar-refractivity contribution is 0.0595. The first-order chi connectivity index (χ1) is 28.3. The number of likely N-dealkylation sites (N-methyl/N-ethyl adjacent to an activating group) is 2. The molecule has 2 amide bonds. The minimum Gasteiger partial charge on any atom is -0.465 e. The van der Waals surface area contributed by atoms with Crippen LogP contribution in [0.4, 0.5) is 0 Å². The van der Waals surface area contributed by atoms with Gasteiger partial charge in [0, 0.05) is 104 Å². The highest BCUT2D eigenvalue weighted by Crippen LogP contribution is 2.36. The Balaban J connectivity index is 0.000000180. The van der Waals surface area contributed by atoms with E-state index >= 15 is 0 Å². The molecule has 13 heteroatoms. The van der Waals surface area contributed by atoms with Crippen LogP contribution in [-0.4, -0.2) is 115 Å². The lowest BCUT2D eigenvalue weighted by Crippen LogP contribution is -2.37. The minimum absolute atomic E-state index is 0.00495. The third-order valence-electron chi connectivity index (χ3n) is 12.9. The molecule has 2 fully saturated rings. The second-order valence-electron chi connectivity index (χ2n) is 17.2. The van der Waals surface area contributed by atoms with Gasteiger partial charge in [-0.3, -0.25) is 9.59 Å². The zero-order valence-electron chi connectivity index (χ0n) is 34.9. The Hall–Kier alpha value is -4.98. The van der Waals surface area contributed by atoms with Crippen molar-refractivity contribution < 1.29 is 27.5 Å². The van der Waals surface area contributed by atoms with Crippen molar-refractivity contribution in [2.45, 2.75) is 70.4 Å². The molecule has 312 valence electrons. The predicted molar refractivity (Wildman–Crippen MR) is 229 cm³/mol. The molecule has 0 saturated carbocycles. The fraction of sp³-hybridized carbons (Fsp3) is 0.457. The van der Waals surface area contributed by atoms with Crippen LogP contribution in [0.2, 0.25) is 0 Å². The number of fused-ring (bicyclic) bond motifs is 6. The van der Waals surface area contributed by atoms with Gasteiger partial charge in [0.1, 0.15) is 4.90 Å². The summed E-state index contributed by atoms with van der Waals surface area (Å²) in [7, 11) is 1.26. The average Bonchev–Trinajstić information content (AvgIpc) is 3.78. The maximum atomic E-state index is 14.1. The number of carbonyl (C=O) groups is 3. The number of carbonyl (C=O) groups excluding carboxylic acids is 3. The number of H-pyrrole nitrogens is 1. The summed E-state index contributed by atoms with van der Waals surface area (Å²) >= 11 is 0. The Labute approximate surface area is 347 Å². The van der Waals surface area contributed by atoms with Crippen LogP contribution < -0.4 is 0 Å². The molecule has 9 rings (SSSR count). The van der Waals surface area contributed by atoms with Crippen LogP contribution >= 0.6 is 0 Å². The highest BCUT2D eigenvalue weighted by atomic mass is 32.2. The summed E-state index contributed by atoms with van der Waals surface area (Å²) in [5.74, 6) is 0.828. The van der Waals surface area contributed by atoms with E-state index in [2.05, 4.69) is 47.8 Å². The maximum absolute atomic E-state index is 14.1. The topological polar surface area (TPSA) is 128 Å². The van der Waals surface area contributed by atoms with Crippen LogP contribution in [0.5, 0.6) is 0 Å². The number of rotatable bonds is 5. The second kappa shape index (κ2) is 16.6. The lowest BCUT2D eigenvalue weighted by atomic mass is 9.98. The molecule has 59 heavy (non-hydrogen) atoms. The fourth-order valence-electron chi connectivity index (χ4n) is 9.20. The maximum Gasteiger partial charge on any atom is 0.339 e. The van der Waals surface area contributed by atoms with E-state index < -0.39 is 16.0 Å². The smallest absolute Gasteiger partial charge is 0.339 e. The van der Waals surface area contributed by atoms with E-state index in [9.17, 15) is 22.8 Å². The molecule has 1 N–H and O–H groups in total. The SMILES string of the molecule is CC1CCN(C(=O)c2ccc3[nH]c4c(c3c2)CN(C)CC4)CC1.COC(=O)c1ccccc1S(=O)(=O)n1c2c(c3cc(C(=O)N4CCC(C)CC4)ccc31)CN(C)CC2. The number of benzene rings is 3. The normalized spacial score (nSPS) is 18.3. The zero-order chi connectivity index (χ0) is 41.6. The van der Waals surface area contributed by atoms with Crippen molar-refractivity contribution >= 4 is 49.6 Å². The van der Waals surface area contributed by atoms with Gasteiger partial charge < -0.3 is 29.3 Å². The van der Waals surface area contributed by atoms with Crippen molar-refractivity contribution in [1.29, 1.82) is 0 Å². The Morgan fingerprint density at radius 1 is 0.695 bits per heavy atom. The molecule has 4 aliphatic rings. The van der Waals surface area contributed by atoms with E-state index in [4.69, 9.17) is 4.74 Å². The zero-order valence-corrected chi connectivity index (χ0v) is 35.7. The second-order valence-corrected chi connectivity index (χ2v) is 18.9. The van der Waals surface area contributed by atoms with E-state index in [1.165, 1.54) is 39.9 Å². The summed E-state index contributed by atoms with van der Waals surface area (Å²) < 4.78 is 34.3. The number of aromatic nitrogens is 2. The van der Waals surface area contributed by atoms with Crippen LogP contribution in [0, 0.1) is 11.8 Å². The third kappa shape index (κ3) is 7.92. The van der Waals surface area contributed by atoms with Crippen molar-refractivity contribution in [2.75, 3.05) is 60.5 Å². The number of esters is 1. The van der Waals surface area contributed by atoms with E-state index in [1.807, 2.05) is 29.0 Å². The Morgan fingerprint density at radius 3 is 1.88 bits per heavy atom. The van der Waals surface area contributed by atoms with E-state index in [1.54, 1.807) is 24.3 Å². The summed E-state index contributed by atoms with van der Waals surface area (Å²) in [6.45, 7) is 11.1. The van der Waals surface area contributed by atoms with Crippen LogP contribution in [-0.2, 0) is 40.7 Å². The monoisotopic (exact) mass is 820 g/mol. The first kappa shape index (κ1) is 40.8. The highest BCUT2D eigenvalue weighted by Gasteiger charge is 2.33. The Bertz CT molecular complexity index is 2530. The van der Waals surface area contributed by atoms with Crippen molar-refractivity contribution in [3.63, 3.8) is 0 Å². The number of nitrogens with one attached hydrogen (secondary N) is 1. The lowest BCUT2D eigenvalue weighted by Gasteiger charge is -2.30. The molecular weight excluding hydrogens is 765 g/mol. The average molecular weight is 821 g/mol. The third-order valence-corrected chi connectivity index (χ3v) is 14.7. The summed E-state index contributed by atoms with van der Waals surface area (Å²) in [6.07, 6.45) is 5.82. The number of nitrogens with zero attached hydrogens (tertiary/aromatic N) is 5. The highest BCUT2D eigenvalue weighted by molar-refractivity contribution is 7.90. The molecule has 0 atom stereocenters. The van der Waals surface area contributed by atoms with Gasteiger partial charge in [-0.2, -0.15) is 0 Å². The first-order valence-electron chi connectivity index (χ1n) is 21.0. The van der Waals surface area contributed by atoms with Gasteiger partial charge in [-0.1, -0.05) is 26.0 Å². The van der Waals surface area contributed by atoms with E-state index in [0.29, 0.717) is 42.2 Å². The van der Waals surface area contributed by atoms with E-state index in [0.717, 1.165) is 99.3 Å². The van der Waals surface area contributed by atoms with Crippen LogP contribution in [0.25, 0.3) is 21.8 Å². The van der Waals surface area contributed by atoms with Gasteiger partial charge in [-0.25, -0.2) is 17.2 Å². The largest absolute Gasteiger partial charge is 0.465 e. The molecule has 0 unspecified atom stereocenters. The number of hydrogen-bond acceptors (Lipinski definition) is 8. The quantitative estimate of drug-likeness (QED) is 0.198. The van der Waals surface area contributed by atoms with Gasteiger partial charge in [0.25, 0.3) is 21.8 Å². The minimum atomic E-state index is -4.12. The van der Waals surface area contributed by atoms with Crippen LogP contribution in [0.1, 0.15) is 93.1 Å². The van der Waals surface area contributed by atoms with Gasteiger partial charge in [0.2, 0.25) is 0 Å². The van der Waals surface area contributed by atoms with Gasteiger partial charge in [-0.15, -0.1) is 0 Å². The van der Waals surface area contributed by atoms with Crippen LogP contribution in [0.3, 0.4) is 0 Å². The molecule has 0 bridgehead atoms. The molecule has 3 aromatic carbocycles. The Kier molecular flexibility index (Phi) is 11.5. The molecular formula is C46H56N6O6S. The summed E-state index contributed by atoms with van der Waals surface area (Å²) in [5.41, 5.74) is 7.38. The summed E-state index contributed by atoms with van der Waals surface area (Å²) in [5, 5.41) is 1.98. The number of likely N-dealkylation sites (tertiary alicyclic amines) is 2. The number of piperidine rings is 2. The van der Waals surface area contributed by atoms with Crippen molar-refractivity contribution in [3.05, 3.63) is 99.9 Å². The summed E-state index contributed by atoms with van der Waals surface area (Å²) in [4.78, 5) is 50.3. The predicted octanol–water partition coefficient (Wildman–Crippen LogP) is 6.55. The number of aromatic amines is 1. The number of hydrogen-bond donors (Lipinski definition) is 1. The number of amides is 2. The molecule has 0 spiro atoms. The van der Waals surface area contributed by atoms with Crippen molar-refractivity contribution in [3.8, 4) is 0 Å². The molecule has 12 nitrogen and oxygen atoms in total. The van der Waals surface area contributed by atoms with Gasteiger partial charge in [0.05, 0.1) is 18.2 Å². The summed E-state index contributed by atoms with van der Waals surface area (Å²) in [6, 6.07) is 17.6.